The Hall–Kier alpha value is -2.40. The van der Waals surface area contributed by atoms with Gasteiger partial charge in [0, 0.05) is 28.2 Å². The van der Waals surface area contributed by atoms with Gasteiger partial charge in [0.15, 0.2) is 11.5 Å². The number of para-hydroxylation sites is 1. The fourth-order valence-electron chi connectivity index (χ4n) is 3.57. The first kappa shape index (κ1) is 13.1. The zero-order valence-electron chi connectivity index (χ0n) is 12.4. The molecule has 1 aliphatic carbocycles. The van der Waals surface area contributed by atoms with Gasteiger partial charge < -0.3 is 9.42 Å². The number of thiophene rings is 1. The Morgan fingerprint density at radius 3 is 3.04 bits per heavy atom. The van der Waals surface area contributed by atoms with Gasteiger partial charge in [-0.3, -0.25) is 4.79 Å². The van der Waals surface area contributed by atoms with E-state index in [2.05, 4.69) is 22.7 Å². The van der Waals surface area contributed by atoms with Crippen LogP contribution in [-0.2, 0) is 19.3 Å². The third-order valence-corrected chi connectivity index (χ3v) is 5.70. The fourth-order valence-corrected chi connectivity index (χ4v) is 4.45. The summed E-state index contributed by atoms with van der Waals surface area (Å²) < 4.78 is 5.55. The molecule has 0 saturated carbocycles. The van der Waals surface area contributed by atoms with Crippen LogP contribution < -0.4 is 4.90 Å². The summed E-state index contributed by atoms with van der Waals surface area (Å²) in [5, 5.41) is 6.20. The van der Waals surface area contributed by atoms with E-state index in [0.717, 1.165) is 41.8 Å². The van der Waals surface area contributed by atoms with Crippen LogP contribution >= 0.6 is 11.3 Å². The maximum absolute atomic E-state index is 13.0. The van der Waals surface area contributed by atoms with E-state index in [1.807, 2.05) is 23.1 Å². The first-order valence-electron chi connectivity index (χ1n) is 7.78. The molecule has 1 aromatic carbocycles. The van der Waals surface area contributed by atoms with Crippen LogP contribution in [0, 0.1) is 0 Å². The largest absolute Gasteiger partial charge is 0.355 e. The number of hydrogen-bond donors (Lipinski definition) is 0. The number of aromatic nitrogens is 1. The SMILES string of the molecule is O=C(c1noc2c1CCc1sccc1-2)N1CCc2ccccc21. The highest BCUT2D eigenvalue weighted by Crippen LogP contribution is 2.39. The first-order valence-corrected chi connectivity index (χ1v) is 8.66. The number of fused-ring (bicyclic) bond motifs is 4. The molecule has 0 N–H and O–H groups in total. The van der Waals surface area contributed by atoms with Gasteiger partial charge in [0.05, 0.1) is 0 Å². The molecule has 3 heterocycles. The molecule has 5 heteroatoms. The van der Waals surface area contributed by atoms with Gasteiger partial charge in [0.2, 0.25) is 0 Å². The second-order valence-electron chi connectivity index (χ2n) is 5.93. The molecule has 0 fully saturated rings. The Bertz CT molecular complexity index is 925. The number of amides is 1. The van der Waals surface area contributed by atoms with Crippen LogP contribution in [0.15, 0.2) is 40.2 Å². The Labute approximate surface area is 137 Å². The molecule has 2 aromatic heterocycles. The highest BCUT2D eigenvalue weighted by atomic mass is 32.1. The Kier molecular flexibility index (Phi) is 2.73. The van der Waals surface area contributed by atoms with Crippen LogP contribution in [0.4, 0.5) is 5.69 Å². The highest BCUT2D eigenvalue weighted by Gasteiger charge is 2.33. The topological polar surface area (TPSA) is 46.3 Å². The van der Waals surface area contributed by atoms with Crippen molar-refractivity contribution in [2.45, 2.75) is 19.3 Å². The zero-order chi connectivity index (χ0) is 15.4. The maximum atomic E-state index is 13.0. The molecular formula is C18H14N2O2S. The molecule has 0 bridgehead atoms. The molecule has 114 valence electrons. The van der Waals surface area contributed by atoms with Crippen molar-refractivity contribution >= 4 is 22.9 Å². The summed E-state index contributed by atoms with van der Waals surface area (Å²) >= 11 is 1.74. The minimum Gasteiger partial charge on any atom is -0.355 e. The lowest BCUT2D eigenvalue weighted by atomic mass is 9.95. The van der Waals surface area contributed by atoms with Crippen molar-refractivity contribution in [1.29, 1.82) is 0 Å². The lowest BCUT2D eigenvalue weighted by Gasteiger charge is -2.17. The summed E-state index contributed by atoms with van der Waals surface area (Å²) in [6.45, 7) is 0.712. The van der Waals surface area contributed by atoms with Crippen LogP contribution in [0.1, 0.15) is 26.5 Å². The predicted octanol–water partition coefficient (Wildman–Crippen LogP) is 3.70. The molecule has 3 aromatic rings. The number of anilines is 1. The van der Waals surface area contributed by atoms with Crippen molar-refractivity contribution in [3.05, 3.63) is 57.4 Å². The number of benzene rings is 1. The molecule has 5 rings (SSSR count). The normalized spacial score (nSPS) is 15.2. The van der Waals surface area contributed by atoms with Gasteiger partial charge in [-0.2, -0.15) is 0 Å². The van der Waals surface area contributed by atoms with E-state index in [9.17, 15) is 4.79 Å². The van der Waals surface area contributed by atoms with Crippen molar-refractivity contribution in [1.82, 2.24) is 5.16 Å². The Balaban J connectivity index is 1.56. The minimum atomic E-state index is -0.0429. The van der Waals surface area contributed by atoms with Gasteiger partial charge in [-0.25, -0.2) is 0 Å². The van der Waals surface area contributed by atoms with Crippen LogP contribution in [0.3, 0.4) is 0 Å². The van der Waals surface area contributed by atoms with E-state index in [0.29, 0.717) is 12.2 Å². The minimum absolute atomic E-state index is 0.0429. The van der Waals surface area contributed by atoms with Crippen molar-refractivity contribution in [3.63, 3.8) is 0 Å². The Morgan fingerprint density at radius 2 is 2.09 bits per heavy atom. The smallest absolute Gasteiger partial charge is 0.280 e. The Morgan fingerprint density at radius 1 is 1.17 bits per heavy atom. The standard InChI is InChI=1S/C18H14N2O2S/c21-18(20-9-7-11-3-1-2-4-14(11)20)16-13-5-6-15-12(8-10-23-15)17(13)22-19-16/h1-4,8,10H,5-7,9H2. The van der Waals surface area contributed by atoms with E-state index in [-0.39, 0.29) is 5.91 Å². The average Bonchev–Trinajstić information content (AvgIpc) is 3.30. The summed E-state index contributed by atoms with van der Waals surface area (Å²) in [4.78, 5) is 16.1. The van der Waals surface area contributed by atoms with E-state index >= 15 is 0 Å². The number of hydrogen-bond acceptors (Lipinski definition) is 4. The molecule has 2 aliphatic rings. The predicted molar refractivity (Wildman–Crippen MR) is 89.0 cm³/mol. The van der Waals surface area contributed by atoms with Crippen LogP contribution in [0.25, 0.3) is 11.3 Å². The molecule has 1 aliphatic heterocycles. The summed E-state index contributed by atoms with van der Waals surface area (Å²) in [5.41, 5.74) is 4.77. The summed E-state index contributed by atoms with van der Waals surface area (Å²) in [6, 6.07) is 10.1. The molecule has 0 saturated heterocycles. The number of nitrogens with zero attached hydrogens (tertiary/aromatic N) is 2. The first-order chi connectivity index (χ1) is 11.3. The summed E-state index contributed by atoms with van der Waals surface area (Å²) in [5.74, 6) is 0.738. The average molecular weight is 322 g/mol. The van der Waals surface area contributed by atoms with Gasteiger partial charge in [0.25, 0.3) is 5.91 Å². The number of rotatable bonds is 1. The van der Waals surface area contributed by atoms with Gasteiger partial charge >= 0.3 is 0 Å². The monoisotopic (exact) mass is 322 g/mol. The van der Waals surface area contributed by atoms with Crippen molar-refractivity contribution in [3.8, 4) is 11.3 Å². The van der Waals surface area contributed by atoms with Gasteiger partial charge in [0.1, 0.15) is 0 Å². The van der Waals surface area contributed by atoms with Crippen molar-refractivity contribution in [2.24, 2.45) is 0 Å². The number of carbonyl (C=O) groups is 1. The fraction of sp³-hybridized carbons (Fsp3) is 0.222. The van der Waals surface area contributed by atoms with E-state index < -0.39 is 0 Å². The van der Waals surface area contributed by atoms with E-state index in [4.69, 9.17) is 4.52 Å². The van der Waals surface area contributed by atoms with Crippen LogP contribution in [0.2, 0.25) is 0 Å². The molecule has 4 nitrogen and oxygen atoms in total. The van der Waals surface area contributed by atoms with Gasteiger partial charge in [-0.1, -0.05) is 23.4 Å². The second-order valence-corrected chi connectivity index (χ2v) is 6.93. The zero-order valence-corrected chi connectivity index (χ0v) is 13.2. The lowest BCUT2D eigenvalue weighted by molar-refractivity contribution is 0.0980. The van der Waals surface area contributed by atoms with Crippen molar-refractivity contribution in [2.75, 3.05) is 11.4 Å². The molecule has 23 heavy (non-hydrogen) atoms. The second kappa shape index (κ2) is 4.80. The van der Waals surface area contributed by atoms with Crippen LogP contribution in [0.5, 0.6) is 0 Å². The highest BCUT2D eigenvalue weighted by molar-refractivity contribution is 7.10. The maximum Gasteiger partial charge on any atom is 0.280 e. The third kappa shape index (κ3) is 1.83. The van der Waals surface area contributed by atoms with Crippen LogP contribution in [-0.4, -0.2) is 17.6 Å². The number of carbonyl (C=O) groups excluding carboxylic acids is 1. The third-order valence-electron chi connectivity index (χ3n) is 4.72. The molecule has 0 radical (unpaired) electrons. The molecule has 0 spiro atoms. The molecule has 1 amide bonds. The van der Waals surface area contributed by atoms with Gasteiger partial charge in [-0.05, 0) is 42.3 Å². The number of aryl methyl sites for hydroxylation is 1. The van der Waals surface area contributed by atoms with E-state index in [1.165, 1.54) is 10.4 Å². The summed E-state index contributed by atoms with van der Waals surface area (Å²) in [7, 11) is 0. The lowest BCUT2D eigenvalue weighted by Crippen LogP contribution is -2.30. The van der Waals surface area contributed by atoms with E-state index in [1.54, 1.807) is 11.3 Å². The molecule has 0 unspecified atom stereocenters. The molecule has 0 atom stereocenters. The van der Waals surface area contributed by atoms with Gasteiger partial charge in [-0.15, -0.1) is 11.3 Å². The van der Waals surface area contributed by atoms with Crippen molar-refractivity contribution < 1.29 is 9.32 Å². The molecular weight excluding hydrogens is 308 g/mol. The quantitative estimate of drug-likeness (QED) is 0.686. The summed E-state index contributed by atoms with van der Waals surface area (Å²) in [6.07, 6.45) is 2.68.